The Labute approximate surface area is 146 Å². The number of hydrogen-bond acceptors (Lipinski definition) is 3. The van der Waals surface area contributed by atoms with Crippen molar-refractivity contribution in [2.45, 2.75) is 39.0 Å². The normalized spacial score (nSPS) is 14.4. The molecule has 1 aliphatic heterocycles. The van der Waals surface area contributed by atoms with Crippen molar-refractivity contribution < 1.29 is 14.0 Å². The zero-order valence-corrected chi connectivity index (χ0v) is 14.7. The molecule has 25 heavy (non-hydrogen) atoms. The Bertz CT molecular complexity index is 829. The number of carbonyl (C=O) groups is 2. The van der Waals surface area contributed by atoms with E-state index in [4.69, 9.17) is 0 Å². The molecule has 1 amide bonds. The minimum Gasteiger partial charge on any atom is -0.300 e. The molecule has 0 unspecified atom stereocenters. The molecular weight excluding hydrogens is 319 g/mol. The second-order valence-corrected chi connectivity index (χ2v) is 6.67. The fourth-order valence-corrected chi connectivity index (χ4v) is 3.37. The number of aromatic nitrogens is 1. The lowest BCUT2D eigenvalue weighted by molar-refractivity contribution is -0.118. The molecule has 2 heterocycles. The van der Waals surface area contributed by atoms with Crippen LogP contribution in [-0.2, 0) is 11.2 Å². The minimum atomic E-state index is -0.326. The summed E-state index contributed by atoms with van der Waals surface area (Å²) in [6.45, 7) is 3.93. The summed E-state index contributed by atoms with van der Waals surface area (Å²) >= 11 is 0. The van der Waals surface area contributed by atoms with E-state index in [1.54, 1.807) is 24.1 Å². The van der Waals surface area contributed by atoms with E-state index in [-0.39, 0.29) is 17.6 Å². The van der Waals surface area contributed by atoms with E-state index in [1.807, 2.05) is 13.8 Å². The number of pyridine rings is 1. The van der Waals surface area contributed by atoms with E-state index in [1.165, 1.54) is 12.1 Å². The Morgan fingerprint density at radius 1 is 1.20 bits per heavy atom. The summed E-state index contributed by atoms with van der Waals surface area (Å²) in [5.41, 5.74) is 3.61. The number of benzene rings is 1. The molecule has 0 atom stereocenters. The van der Waals surface area contributed by atoms with E-state index in [9.17, 15) is 14.0 Å². The van der Waals surface area contributed by atoms with Crippen molar-refractivity contribution in [3.05, 3.63) is 46.9 Å². The summed E-state index contributed by atoms with van der Waals surface area (Å²) in [6.07, 6.45) is 2.63. The first-order valence-electron chi connectivity index (χ1n) is 8.48. The van der Waals surface area contributed by atoms with Crippen molar-refractivity contribution in [2.24, 2.45) is 0 Å². The Morgan fingerprint density at radius 3 is 2.48 bits per heavy atom. The van der Waals surface area contributed by atoms with Crippen LogP contribution in [0, 0.1) is 5.82 Å². The molecule has 2 aromatic rings. The summed E-state index contributed by atoms with van der Waals surface area (Å²) in [5, 5.41) is 0. The predicted molar refractivity (Wildman–Crippen MR) is 95.5 cm³/mol. The zero-order chi connectivity index (χ0) is 18.1. The SMILES string of the molecule is CC(C)c1nc2c(c(-c3ccc(F)cc3)c1C=O)CCCC(=O)N2C. The van der Waals surface area contributed by atoms with Gasteiger partial charge < -0.3 is 0 Å². The summed E-state index contributed by atoms with van der Waals surface area (Å²) < 4.78 is 13.4. The average molecular weight is 340 g/mol. The van der Waals surface area contributed by atoms with Gasteiger partial charge in [-0.3, -0.25) is 14.5 Å². The number of halogens is 1. The second kappa shape index (κ2) is 6.75. The zero-order valence-electron chi connectivity index (χ0n) is 14.7. The number of carbonyl (C=O) groups excluding carboxylic acids is 2. The quantitative estimate of drug-likeness (QED) is 0.790. The van der Waals surface area contributed by atoms with Crippen LogP contribution in [0.5, 0.6) is 0 Å². The molecule has 0 aliphatic carbocycles. The first-order valence-corrected chi connectivity index (χ1v) is 8.48. The van der Waals surface area contributed by atoms with Crippen molar-refractivity contribution in [2.75, 3.05) is 11.9 Å². The molecule has 1 aromatic heterocycles. The predicted octanol–water partition coefficient (Wildman–Crippen LogP) is 4.12. The van der Waals surface area contributed by atoms with Crippen molar-refractivity contribution in [1.82, 2.24) is 4.98 Å². The summed E-state index contributed by atoms with van der Waals surface area (Å²) in [5.74, 6) is 0.324. The van der Waals surface area contributed by atoms with Gasteiger partial charge in [0.25, 0.3) is 0 Å². The van der Waals surface area contributed by atoms with Crippen molar-refractivity contribution in [3.8, 4) is 11.1 Å². The van der Waals surface area contributed by atoms with Crippen LogP contribution in [0.4, 0.5) is 10.2 Å². The highest BCUT2D eigenvalue weighted by Gasteiger charge is 2.27. The van der Waals surface area contributed by atoms with Gasteiger partial charge in [0, 0.05) is 30.2 Å². The van der Waals surface area contributed by atoms with E-state index >= 15 is 0 Å². The van der Waals surface area contributed by atoms with E-state index in [2.05, 4.69) is 4.98 Å². The smallest absolute Gasteiger partial charge is 0.227 e. The standard InChI is InChI=1S/C20H21FN2O2/c1-12(2)19-16(11-24)18(13-7-9-14(21)10-8-13)15-5-4-6-17(25)23(3)20(15)22-19/h7-12H,4-6H2,1-3H3. The fourth-order valence-electron chi connectivity index (χ4n) is 3.37. The lowest BCUT2D eigenvalue weighted by Gasteiger charge is -2.23. The van der Waals surface area contributed by atoms with Crippen LogP contribution in [0.1, 0.15) is 54.2 Å². The van der Waals surface area contributed by atoms with Crippen LogP contribution < -0.4 is 4.90 Å². The van der Waals surface area contributed by atoms with Gasteiger partial charge in [-0.25, -0.2) is 9.37 Å². The molecule has 3 rings (SSSR count). The molecule has 5 heteroatoms. The number of nitrogens with zero attached hydrogens (tertiary/aromatic N) is 2. The highest BCUT2D eigenvalue weighted by molar-refractivity contribution is 5.98. The molecular formula is C20H21FN2O2. The Balaban J connectivity index is 2.37. The van der Waals surface area contributed by atoms with Crippen LogP contribution in [0.15, 0.2) is 24.3 Å². The molecule has 1 aromatic carbocycles. The number of anilines is 1. The monoisotopic (exact) mass is 340 g/mol. The van der Waals surface area contributed by atoms with Gasteiger partial charge in [-0.15, -0.1) is 0 Å². The van der Waals surface area contributed by atoms with Crippen LogP contribution in [-0.4, -0.2) is 24.2 Å². The second-order valence-electron chi connectivity index (χ2n) is 6.67. The lowest BCUT2D eigenvalue weighted by Crippen LogP contribution is -2.27. The highest BCUT2D eigenvalue weighted by atomic mass is 19.1. The third-order valence-electron chi connectivity index (χ3n) is 4.65. The third-order valence-corrected chi connectivity index (χ3v) is 4.65. The number of fused-ring (bicyclic) bond motifs is 1. The van der Waals surface area contributed by atoms with Gasteiger partial charge in [0.05, 0.1) is 5.69 Å². The summed E-state index contributed by atoms with van der Waals surface area (Å²) in [7, 11) is 1.72. The van der Waals surface area contributed by atoms with Crippen molar-refractivity contribution >= 4 is 18.0 Å². The average Bonchev–Trinajstić information content (AvgIpc) is 2.73. The van der Waals surface area contributed by atoms with E-state index in [0.717, 1.165) is 23.0 Å². The maximum atomic E-state index is 13.4. The first-order chi connectivity index (χ1) is 11.9. The maximum Gasteiger partial charge on any atom is 0.227 e. The van der Waals surface area contributed by atoms with Gasteiger partial charge in [-0.1, -0.05) is 26.0 Å². The summed E-state index contributed by atoms with van der Waals surface area (Å²) in [4.78, 5) is 30.4. The Hall–Kier alpha value is -2.56. The lowest BCUT2D eigenvalue weighted by atomic mass is 9.89. The molecule has 0 fully saturated rings. The Morgan fingerprint density at radius 2 is 1.88 bits per heavy atom. The first kappa shape index (κ1) is 17.3. The molecule has 4 nitrogen and oxygen atoms in total. The topological polar surface area (TPSA) is 50.3 Å². The molecule has 0 radical (unpaired) electrons. The highest BCUT2D eigenvalue weighted by Crippen LogP contribution is 2.38. The van der Waals surface area contributed by atoms with Gasteiger partial charge in [0.2, 0.25) is 5.91 Å². The molecule has 0 N–H and O–H groups in total. The number of hydrogen-bond donors (Lipinski definition) is 0. The number of rotatable bonds is 3. The largest absolute Gasteiger partial charge is 0.300 e. The molecule has 1 aliphatic rings. The number of amides is 1. The third kappa shape index (κ3) is 3.06. The maximum absolute atomic E-state index is 13.4. The van der Waals surface area contributed by atoms with Crippen LogP contribution in [0.2, 0.25) is 0 Å². The molecule has 0 spiro atoms. The molecule has 130 valence electrons. The summed E-state index contributed by atoms with van der Waals surface area (Å²) in [6, 6.07) is 6.12. The van der Waals surface area contributed by atoms with Crippen LogP contribution in [0.3, 0.4) is 0 Å². The fraction of sp³-hybridized carbons (Fsp3) is 0.350. The van der Waals surface area contributed by atoms with Crippen LogP contribution >= 0.6 is 0 Å². The van der Waals surface area contributed by atoms with Crippen LogP contribution in [0.25, 0.3) is 11.1 Å². The van der Waals surface area contributed by atoms with Crippen molar-refractivity contribution in [1.29, 1.82) is 0 Å². The van der Waals surface area contributed by atoms with E-state index < -0.39 is 0 Å². The minimum absolute atomic E-state index is 0.0184. The van der Waals surface area contributed by atoms with Crippen molar-refractivity contribution in [3.63, 3.8) is 0 Å². The molecule has 0 saturated heterocycles. The van der Waals surface area contributed by atoms with Gasteiger partial charge in [0.1, 0.15) is 11.6 Å². The van der Waals surface area contributed by atoms with Gasteiger partial charge >= 0.3 is 0 Å². The molecule has 0 saturated carbocycles. The molecule has 0 bridgehead atoms. The van der Waals surface area contributed by atoms with Gasteiger partial charge in [-0.05, 0) is 36.5 Å². The van der Waals surface area contributed by atoms with E-state index in [0.29, 0.717) is 36.3 Å². The van der Waals surface area contributed by atoms with Gasteiger partial charge in [0.15, 0.2) is 6.29 Å². The number of aldehydes is 1. The van der Waals surface area contributed by atoms with Gasteiger partial charge in [-0.2, -0.15) is 0 Å². The Kier molecular flexibility index (Phi) is 4.66.